The first-order valence-corrected chi connectivity index (χ1v) is 6.46. The van der Waals surface area contributed by atoms with Gasteiger partial charge in [-0.25, -0.2) is 0 Å². The third-order valence-corrected chi connectivity index (χ3v) is 4.15. The second-order valence-corrected chi connectivity index (χ2v) is 5.43. The molecule has 2 N–H and O–H groups in total. The number of hydrogen-bond donors (Lipinski definition) is 1. The molecule has 3 rings (SSSR count). The first-order chi connectivity index (χ1) is 7.34. The van der Waals surface area contributed by atoms with Crippen LogP contribution in [0.15, 0.2) is 0 Å². The predicted octanol–water partition coefficient (Wildman–Crippen LogP) is 0.977. The van der Waals surface area contributed by atoms with Gasteiger partial charge in [-0.15, -0.1) is 0 Å². The molecular formula is C12H22N2O. The molecule has 0 aromatic heterocycles. The minimum atomic E-state index is 0.402. The molecule has 3 fully saturated rings. The Hall–Kier alpha value is -0.120. The van der Waals surface area contributed by atoms with Gasteiger partial charge in [-0.3, -0.25) is 4.90 Å². The quantitative estimate of drug-likeness (QED) is 0.738. The fraction of sp³-hybridized carbons (Fsp3) is 1.00. The Morgan fingerprint density at radius 2 is 2.00 bits per heavy atom. The largest absolute Gasteiger partial charge is 0.376 e. The van der Waals surface area contributed by atoms with E-state index < -0.39 is 0 Å². The Morgan fingerprint density at radius 3 is 2.73 bits per heavy atom. The zero-order valence-electron chi connectivity index (χ0n) is 9.40. The number of likely N-dealkylation sites (tertiary alicyclic amines) is 1. The van der Waals surface area contributed by atoms with Crippen molar-refractivity contribution in [3.63, 3.8) is 0 Å². The van der Waals surface area contributed by atoms with Crippen LogP contribution in [0.2, 0.25) is 0 Å². The highest BCUT2D eigenvalue weighted by molar-refractivity contribution is 4.96. The number of rotatable bonds is 2. The van der Waals surface area contributed by atoms with Crippen molar-refractivity contribution < 1.29 is 4.74 Å². The van der Waals surface area contributed by atoms with Crippen LogP contribution in [0, 0.1) is 5.92 Å². The SMILES string of the molecule is NC1CCCN(C2CCOC2C2CC2)C1. The molecular weight excluding hydrogens is 188 g/mol. The van der Waals surface area contributed by atoms with E-state index in [0.29, 0.717) is 18.2 Å². The van der Waals surface area contributed by atoms with Crippen LogP contribution in [-0.4, -0.2) is 42.8 Å². The lowest BCUT2D eigenvalue weighted by atomic mass is 9.99. The molecule has 0 radical (unpaired) electrons. The van der Waals surface area contributed by atoms with Crippen molar-refractivity contribution in [3.05, 3.63) is 0 Å². The topological polar surface area (TPSA) is 38.5 Å². The van der Waals surface area contributed by atoms with Gasteiger partial charge < -0.3 is 10.5 Å². The number of hydrogen-bond acceptors (Lipinski definition) is 3. The van der Waals surface area contributed by atoms with Crippen molar-refractivity contribution in [3.8, 4) is 0 Å². The first kappa shape index (κ1) is 10.1. The zero-order chi connectivity index (χ0) is 10.3. The number of nitrogens with two attached hydrogens (primary N) is 1. The Balaban J connectivity index is 1.64. The third kappa shape index (κ3) is 2.05. The number of nitrogens with zero attached hydrogens (tertiary/aromatic N) is 1. The normalized spacial score (nSPS) is 43.4. The van der Waals surface area contributed by atoms with Crippen LogP contribution in [-0.2, 0) is 4.74 Å². The van der Waals surface area contributed by atoms with Gasteiger partial charge in [0.15, 0.2) is 0 Å². The molecule has 15 heavy (non-hydrogen) atoms. The van der Waals surface area contributed by atoms with Crippen molar-refractivity contribution in [2.24, 2.45) is 11.7 Å². The van der Waals surface area contributed by atoms with E-state index in [1.54, 1.807) is 0 Å². The van der Waals surface area contributed by atoms with Crippen LogP contribution in [0.25, 0.3) is 0 Å². The van der Waals surface area contributed by atoms with Gasteiger partial charge in [0.1, 0.15) is 0 Å². The van der Waals surface area contributed by atoms with Crippen molar-refractivity contribution in [1.29, 1.82) is 0 Å². The molecule has 0 amide bonds. The van der Waals surface area contributed by atoms with Crippen LogP contribution in [0.1, 0.15) is 32.1 Å². The zero-order valence-corrected chi connectivity index (χ0v) is 9.40. The molecule has 2 saturated heterocycles. The van der Waals surface area contributed by atoms with Gasteiger partial charge in [-0.2, -0.15) is 0 Å². The molecule has 0 aromatic carbocycles. The summed E-state index contributed by atoms with van der Waals surface area (Å²) in [6, 6.07) is 1.09. The van der Waals surface area contributed by atoms with E-state index in [1.807, 2.05) is 0 Å². The van der Waals surface area contributed by atoms with Gasteiger partial charge in [0.05, 0.1) is 6.10 Å². The minimum Gasteiger partial charge on any atom is -0.376 e. The Labute approximate surface area is 91.9 Å². The standard InChI is InChI=1S/C12H22N2O/c13-10-2-1-6-14(8-10)11-5-7-15-12(11)9-3-4-9/h9-12H,1-8,13H2. The summed E-state index contributed by atoms with van der Waals surface area (Å²) in [7, 11) is 0. The van der Waals surface area contributed by atoms with E-state index in [-0.39, 0.29) is 0 Å². The maximum Gasteiger partial charge on any atom is 0.0759 e. The molecule has 0 bridgehead atoms. The molecule has 3 aliphatic rings. The minimum absolute atomic E-state index is 0.402. The van der Waals surface area contributed by atoms with E-state index in [9.17, 15) is 0 Å². The molecule has 0 spiro atoms. The maximum atomic E-state index is 6.05. The summed E-state index contributed by atoms with van der Waals surface area (Å²) >= 11 is 0. The summed E-state index contributed by atoms with van der Waals surface area (Å²) in [4.78, 5) is 2.60. The van der Waals surface area contributed by atoms with E-state index >= 15 is 0 Å². The highest BCUT2D eigenvalue weighted by atomic mass is 16.5. The van der Waals surface area contributed by atoms with Crippen LogP contribution < -0.4 is 5.73 Å². The Bertz CT molecular complexity index is 230. The lowest BCUT2D eigenvalue weighted by Gasteiger charge is -2.37. The van der Waals surface area contributed by atoms with Gasteiger partial charge in [0, 0.05) is 25.2 Å². The summed E-state index contributed by atoms with van der Waals surface area (Å²) in [6.45, 7) is 3.31. The lowest BCUT2D eigenvalue weighted by Crippen LogP contribution is -2.50. The lowest BCUT2D eigenvalue weighted by molar-refractivity contribution is 0.0364. The van der Waals surface area contributed by atoms with E-state index in [0.717, 1.165) is 19.1 Å². The molecule has 1 saturated carbocycles. The summed E-state index contributed by atoms with van der Waals surface area (Å²) in [6.07, 6.45) is 7.03. The monoisotopic (exact) mass is 210 g/mol. The highest BCUT2D eigenvalue weighted by Gasteiger charge is 2.43. The van der Waals surface area contributed by atoms with Crippen LogP contribution in [0.4, 0.5) is 0 Å². The Kier molecular flexibility index (Phi) is 2.71. The molecule has 2 aliphatic heterocycles. The fourth-order valence-corrected chi connectivity index (χ4v) is 3.21. The molecule has 3 atom stereocenters. The first-order valence-electron chi connectivity index (χ1n) is 6.46. The average molecular weight is 210 g/mol. The van der Waals surface area contributed by atoms with E-state index in [4.69, 9.17) is 10.5 Å². The van der Waals surface area contributed by atoms with Gasteiger partial charge >= 0.3 is 0 Å². The van der Waals surface area contributed by atoms with E-state index in [1.165, 1.54) is 38.6 Å². The van der Waals surface area contributed by atoms with Crippen molar-refractivity contribution >= 4 is 0 Å². The molecule has 3 nitrogen and oxygen atoms in total. The van der Waals surface area contributed by atoms with Crippen LogP contribution >= 0.6 is 0 Å². The molecule has 0 aromatic rings. The second kappa shape index (κ2) is 4.04. The summed E-state index contributed by atoms with van der Waals surface area (Å²) < 4.78 is 5.90. The van der Waals surface area contributed by atoms with Crippen molar-refractivity contribution in [1.82, 2.24) is 4.90 Å². The predicted molar refractivity (Wildman–Crippen MR) is 59.7 cm³/mol. The summed E-state index contributed by atoms with van der Waals surface area (Å²) in [5.41, 5.74) is 6.05. The number of ether oxygens (including phenoxy) is 1. The summed E-state index contributed by atoms with van der Waals surface area (Å²) in [5.74, 6) is 0.871. The average Bonchev–Trinajstić information content (AvgIpc) is 2.96. The third-order valence-electron chi connectivity index (χ3n) is 4.15. The molecule has 86 valence electrons. The molecule has 3 heteroatoms. The van der Waals surface area contributed by atoms with Crippen molar-refractivity contribution in [2.75, 3.05) is 19.7 Å². The maximum absolute atomic E-state index is 6.05. The Morgan fingerprint density at radius 1 is 1.13 bits per heavy atom. The van der Waals surface area contributed by atoms with E-state index in [2.05, 4.69) is 4.90 Å². The van der Waals surface area contributed by atoms with Gasteiger partial charge in [-0.05, 0) is 44.6 Å². The fourth-order valence-electron chi connectivity index (χ4n) is 3.21. The summed E-state index contributed by atoms with van der Waals surface area (Å²) in [5, 5.41) is 0. The van der Waals surface area contributed by atoms with Gasteiger partial charge in [-0.1, -0.05) is 0 Å². The molecule has 2 heterocycles. The van der Waals surface area contributed by atoms with Gasteiger partial charge in [0.2, 0.25) is 0 Å². The molecule has 3 unspecified atom stereocenters. The smallest absolute Gasteiger partial charge is 0.0759 e. The number of piperidine rings is 1. The van der Waals surface area contributed by atoms with Crippen molar-refractivity contribution in [2.45, 2.75) is 50.3 Å². The van der Waals surface area contributed by atoms with Crippen LogP contribution in [0.5, 0.6) is 0 Å². The van der Waals surface area contributed by atoms with Crippen LogP contribution in [0.3, 0.4) is 0 Å². The van der Waals surface area contributed by atoms with Gasteiger partial charge in [0.25, 0.3) is 0 Å². The highest BCUT2D eigenvalue weighted by Crippen LogP contribution is 2.40. The molecule has 1 aliphatic carbocycles. The second-order valence-electron chi connectivity index (χ2n) is 5.43.